The van der Waals surface area contributed by atoms with Gasteiger partial charge in [0.15, 0.2) is 27.1 Å². The Kier molecular flexibility index (Phi) is 8.48. The summed E-state index contributed by atoms with van der Waals surface area (Å²) in [4.78, 5) is 13.2. The van der Waals surface area contributed by atoms with Crippen molar-refractivity contribution in [1.82, 2.24) is 4.31 Å². The number of carbonyl (C=O) groups excluding carboxylic acids is 1. The van der Waals surface area contributed by atoms with E-state index in [0.29, 0.717) is 5.56 Å². The first-order valence-electron chi connectivity index (χ1n) is 12.0. The molecule has 13 heteroatoms. The summed E-state index contributed by atoms with van der Waals surface area (Å²) in [6.45, 7) is -1.12. The predicted molar refractivity (Wildman–Crippen MR) is 146 cm³/mol. The lowest BCUT2D eigenvalue weighted by Gasteiger charge is -2.32. The molecule has 1 heterocycles. The monoisotopic (exact) mass is 600 g/mol. The number of halogens is 1. The summed E-state index contributed by atoms with van der Waals surface area (Å²) >= 11 is 0. The van der Waals surface area contributed by atoms with E-state index in [-0.39, 0.29) is 38.2 Å². The molecular weight excluding hydrogens is 575 g/mol. The minimum atomic E-state index is -4.42. The van der Waals surface area contributed by atoms with E-state index in [1.165, 1.54) is 63.8 Å². The van der Waals surface area contributed by atoms with Crippen molar-refractivity contribution in [2.45, 2.75) is 15.0 Å². The van der Waals surface area contributed by atoms with E-state index < -0.39 is 49.8 Å². The smallest absolute Gasteiger partial charge is 0.243 e. The molecule has 0 bridgehead atoms. The Balaban J connectivity index is 1.86. The zero-order chi connectivity index (χ0) is 29.9. The van der Waals surface area contributed by atoms with E-state index >= 15 is 0 Å². The summed E-state index contributed by atoms with van der Waals surface area (Å²) in [5.74, 6) is -0.636. The van der Waals surface area contributed by atoms with Crippen molar-refractivity contribution in [3.63, 3.8) is 0 Å². The molecule has 0 spiro atoms. The number of methoxy groups -OCH3 is 3. The number of nitrogens with zero attached hydrogens (tertiary/aromatic N) is 2. The van der Waals surface area contributed by atoms with Crippen LogP contribution in [-0.4, -0.2) is 66.6 Å². The van der Waals surface area contributed by atoms with Crippen molar-refractivity contribution in [1.29, 1.82) is 5.26 Å². The maximum atomic E-state index is 13.7. The highest BCUT2D eigenvalue weighted by Gasteiger charge is 2.44. The number of nitriles is 1. The lowest BCUT2D eigenvalue weighted by Crippen LogP contribution is -2.51. The second-order valence-electron chi connectivity index (χ2n) is 8.91. The van der Waals surface area contributed by atoms with Crippen LogP contribution < -0.4 is 14.2 Å². The van der Waals surface area contributed by atoms with Crippen LogP contribution in [0, 0.1) is 17.1 Å². The van der Waals surface area contributed by atoms with Crippen LogP contribution in [-0.2, 0) is 24.7 Å². The van der Waals surface area contributed by atoms with Gasteiger partial charge in [-0.3, -0.25) is 4.79 Å². The quantitative estimate of drug-likeness (QED) is 0.357. The fraction of sp³-hybridized carbons (Fsp3) is 0.214. The number of hydrogen-bond acceptors (Lipinski definition) is 9. The topological polar surface area (TPSA) is 140 Å². The van der Waals surface area contributed by atoms with Gasteiger partial charge in [0.1, 0.15) is 11.1 Å². The highest BCUT2D eigenvalue weighted by molar-refractivity contribution is 7.93. The molecule has 0 radical (unpaired) electrons. The fourth-order valence-corrected chi connectivity index (χ4v) is 7.55. The van der Waals surface area contributed by atoms with Crippen molar-refractivity contribution in [3.8, 4) is 23.3 Å². The van der Waals surface area contributed by atoms with Crippen molar-refractivity contribution in [2.75, 3.05) is 34.4 Å². The predicted octanol–water partition coefficient (Wildman–Crippen LogP) is 3.22. The highest BCUT2D eigenvalue weighted by Crippen LogP contribution is 2.39. The van der Waals surface area contributed by atoms with E-state index in [1.54, 1.807) is 0 Å². The second-order valence-corrected chi connectivity index (χ2v) is 13.0. The van der Waals surface area contributed by atoms with Gasteiger partial charge in [-0.2, -0.15) is 9.57 Å². The van der Waals surface area contributed by atoms with Crippen molar-refractivity contribution < 1.29 is 40.2 Å². The van der Waals surface area contributed by atoms with Gasteiger partial charge in [-0.25, -0.2) is 21.2 Å². The summed E-state index contributed by atoms with van der Waals surface area (Å²) in [6, 6.07) is 14.0. The standard InChI is InChI=1S/C28H25FN2O8S2/c1-37-24-13-19(14-25(38-2)28(24)39-3)12-20-16-31(41(35,36)23-10-6-21(29)7-11-23)17-26(27(20)32)40(33,34)22-8-4-18(15-30)5-9-22/h4-14,26H,16-17H2,1-3H3. The molecule has 1 saturated heterocycles. The molecule has 3 aromatic rings. The molecule has 1 unspecified atom stereocenters. The average Bonchev–Trinajstić information content (AvgIpc) is 2.97. The summed E-state index contributed by atoms with van der Waals surface area (Å²) in [5, 5.41) is 7.27. The highest BCUT2D eigenvalue weighted by atomic mass is 32.2. The van der Waals surface area contributed by atoms with Crippen molar-refractivity contribution in [3.05, 3.63) is 83.2 Å². The van der Waals surface area contributed by atoms with E-state index in [2.05, 4.69) is 0 Å². The fourth-order valence-electron chi connectivity index (χ4n) is 4.37. The second kappa shape index (κ2) is 11.7. The molecule has 4 rings (SSSR count). The maximum Gasteiger partial charge on any atom is 0.243 e. The number of sulfone groups is 1. The van der Waals surface area contributed by atoms with Gasteiger partial charge in [-0.1, -0.05) is 0 Å². The Morgan fingerprint density at radius 3 is 1.98 bits per heavy atom. The van der Waals surface area contributed by atoms with Gasteiger partial charge in [0.2, 0.25) is 15.8 Å². The molecule has 1 fully saturated rings. The first kappa shape index (κ1) is 29.7. The molecule has 0 amide bonds. The largest absolute Gasteiger partial charge is 0.493 e. The summed E-state index contributed by atoms with van der Waals surface area (Å²) < 4.78 is 84.9. The molecule has 1 aliphatic rings. The zero-order valence-electron chi connectivity index (χ0n) is 22.2. The number of benzene rings is 3. The summed E-state index contributed by atoms with van der Waals surface area (Å²) in [7, 11) is -4.55. The number of piperidine rings is 1. The third-order valence-electron chi connectivity index (χ3n) is 6.49. The minimum absolute atomic E-state index is 0.113. The number of sulfonamides is 1. The first-order chi connectivity index (χ1) is 19.5. The van der Waals surface area contributed by atoms with Gasteiger partial charge in [-0.15, -0.1) is 0 Å². The SMILES string of the molecule is COc1cc(C=C2CN(S(=O)(=O)c3ccc(F)cc3)CC(S(=O)(=O)c3ccc(C#N)cc3)C2=O)cc(OC)c1OC. The molecule has 1 aliphatic heterocycles. The molecule has 0 saturated carbocycles. The maximum absolute atomic E-state index is 13.7. The molecule has 0 aromatic heterocycles. The summed E-state index contributed by atoms with van der Waals surface area (Å²) in [5.41, 5.74) is 0.458. The molecular formula is C28H25FN2O8S2. The van der Waals surface area contributed by atoms with Crippen LogP contribution in [0.4, 0.5) is 4.39 Å². The van der Waals surface area contributed by atoms with Gasteiger partial charge in [0, 0.05) is 18.7 Å². The van der Waals surface area contributed by atoms with Gasteiger partial charge < -0.3 is 14.2 Å². The average molecular weight is 601 g/mol. The van der Waals surface area contributed by atoms with Gasteiger partial charge in [0.05, 0.1) is 42.8 Å². The Morgan fingerprint density at radius 1 is 0.902 bits per heavy atom. The van der Waals surface area contributed by atoms with Crippen LogP contribution in [0.5, 0.6) is 17.2 Å². The molecule has 3 aromatic carbocycles. The van der Waals surface area contributed by atoms with Gasteiger partial charge >= 0.3 is 0 Å². The lowest BCUT2D eigenvalue weighted by atomic mass is 10.0. The van der Waals surface area contributed by atoms with Gasteiger partial charge in [0.25, 0.3) is 0 Å². The Hall–Kier alpha value is -4.25. The van der Waals surface area contributed by atoms with Crippen LogP contribution in [0.15, 0.2) is 76.0 Å². The Bertz CT molecular complexity index is 1740. The van der Waals surface area contributed by atoms with Crippen LogP contribution in [0.2, 0.25) is 0 Å². The number of ketones is 1. The number of Topliss-reactive ketones (excluding diaryl/α,β-unsaturated/α-hetero) is 1. The van der Waals surface area contributed by atoms with Crippen LogP contribution >= 0.6 is 0 Å². The number of rotatable bonds is 8. The normalized spacial score (nSPS) is 17.2. The third kappa shape index (κ3) is 5.81. The van der Waals surface area contributed by atoms with Crippen molar-refractivity contribution >= 4 is 31.7 Å². The number of ether oxygens (including phenoxy) is 3. The Labute approximate surface area is 237 Å². The number of carbonyl (C=O) groups is 1. The molecule has 41 heavy (non-hydrogen) atoms. The van der Waals surface area contributed by atoms with E-state index in [9.17, 15) is 26.0 Å². The van der Waals surface area contributed by atoms with E-state index in [4.69, 9.17) is 19.5 Å². The molecule has 10 nitrogen and oxygen atoms in total. The number of hydrogen-bond donors (Lipinski definition) is 0. The van der Waals surface area contributed by atoms with Crippen LogP contribution in [0.1, 0.15) is 11.1 Å². The first-order valence-corrected chi connectivity index (χ1v) is 15.0. The Morgan fingerprint density at radius 2 is 1.46 bits per heavy atom. The molecule has 0 aliphatic carbocycles. The molecule has 0 N–H and O–H groups in total. The van der Waals surface area contributed by atoms with Crippen LogP contribution in [0.3, 0.4) is 0 Å². The molecule has 214 valence electrons. The van der Waals surface area contributed by atoms with E-state index in [1.807, 2.05) is 6.07 Å². The van der Waals surface area contributed by atoms with Crippen molar-refractivity contribution in [2.24, 2.45) is 0 Å². The zero-order valence-corrected chi connectivity index (χ0v) is 23.8. The molecule has 1 atom stereocenters. The summed E-state index contributed by atoms with van der Waals surface area (Å²) in [6.07, 6.45) is 1.36. The minimum Gasteiger partial charge on any atom is -0.493 e. The van der Waals surface area contributed by atoms with Gasteiger partial charge in [-0.05, 0) is 72.3 Å². The third-order valence-corrected chi connectivity index (χ3v) is 10.4. The van der Waals surface area contributed by atoms with E-state index in [0.717, 1.165) is 28.6 Å². The lowest BCUT2D eigenvalue weighted by molar-refractivity contribution is -0.116. The van der Waals surface area contributed by atoms with Crippen LogP contribution in [0.25, 0.3) is 6.08 Å².